The van der Waals surface area contributed by atoms with Crippen LogP contribution >= 0.6 is 11.6 Å². The number of anilines is 1. The lowest BCUT2D eigenvalue weighted by molar-refractivity contribution is 0.0990. The van der Waals surface area contributed by atoms with Crippen molar-refractivity contribution in [3.8, 4) is 0 Å². The normalized spacial score (nSPS) is 9.77. The van der Waals surface area contributed by atoms with Gasteiger partial charge >= 0.3 is 0 Å². The first kappa shape index (κ1) is 9.66. The fourth-order valence-corrected chi connectivity index (χ4v) is 0.805. The highest BCUT2D eigenvalue weighted by molar-refractivity contribution is 6.28. The minimum Gasteiger partial charge on any atom is -0.363 e. The van der Waals surface area contributed by atoms with Crippen LogP contribution in [0.1, 0.15) is 10.6 Å². The molecule has 0 aliphatic rings. The van der Waals surface area contributed by atoms with Gasteiger partial charge in [0, 0.05) is 14.1 Å². The van der Waals surface area contributed by atoms with Crippen LogP contribution in [0.4, 0.5) is 5.95 Å². The van der Waals surface area contributed by atoms with Gasteiger partial charge in [-0.2, -0.15) is 15.0 Å². The van der Waals surface area contributed by atoms with Gasteiger partial charge in [-0.1, -0.05) is 0 Å². The van der Waals surface area contributed by atoms with E-state index in [2.05, 4.69) is 15.0 Å². The molecule has 0 spiro atoms. The van der Waals surface area contributed by atoms with E-state index in [1.54, 1.807) is 19.0 Å². The zero-order chi connectivity index (χ0) is 10.0. The van der Waals surface area contributed by atoms with Crippen LogP contribution in [-0.4, -0.2) is 35.0 Å². The van der Waals surface area contributed by atoms with Gasteiger partial charge in [0.25, 0.3) is 5.91 Å². The third-order valence-electron chi connectivity index (χ3n) is 1.22. The number of aromatic nitrogens is 3. The largest absolute Gasteiger partial charge is 0.363 e. The van der Waals surface area contributed by atoms with Crippen LogP contribution in [0.15, 0.2) is 0 Å². The Balaban J connectivity index is 3.19. The molecular weight excluding hydrogens is 194 g/mol. The van der Waals surface area contributed by atoms with Gasteiger partial charge in [-0.3, -0.25) is 4.79 Å². The van der Waals surface area contributed by atoms with Crippen LogP contribution in [0.5, 0.6) is 0 Å². The van der Waals surface area contributed by atoms with Crippen molar-refractivity contribution in [1.29, 1.82) is 0 Å². The first-order valence-electron chi connectivity index (χ1n) is 3.39. The van der Waals surface area contributed by atoms with Crippen LogP contribution in [0, 0.1) is 0 Å². The second-order valence-electron chi connectivity index (χ2n) is 2.49. The van der Waals surface area contributed by atoms with Gasteiger partial charge in [0.2, 0.25) is 17.1 Å². The number of hydrogen-bond acceptors (Lipinski definition) is 5. The minimum atomic E-state index is -0.729. The Morgan fingerprint density at radius 3 is 2.46 bits per heavy atom. The molecule has 0 fully saturated rings. The van der Waals surface area contributed by atoms with Crippen molar-refractivity contribution in [3.05, 3.63) is 11.1 Å². The quantitative estimate of drug-likeness (QED) is 0.710. The molecule has 0 atom stereocenters. The Kier molecular flexibility index (Phi) is 2.62. The van der Waals surface area contributed by atoms with Crippen molar-refractivity contribution < 1.29 is 4.79 Å². The molecule has 2 N–H and O–H groups in total. The summed E-state index contributed by atoms with van der Waals surface area (Å²) in [4.78, 5) is 23.4. The van der Waals surface area contributed by atoms with Crippen LogP contribution in [0.2, 0.25) is 5.28 Å². The van der Waals surface area contributed by atoms with Gasteiger partial charge < -0.3 is 10.6 Å². The number of nitrogens with zero attached hydrogens (tertiary/aromatic N) is 4. The molecule has 0 aliphatic heterocycles. The van der Waals surface area contributed by atoms with E-state index in [0.29, 0.717) is 5.95 Å². The van der Waals surface area contributed by atoms with E-state index in [0.717, 1.165) is 0 Å². The lowest BCUT2D eigenvalue weighted by Gasteiger charge is -2.09. The molecule has 0 bridgehead atoms. The van der Waals surface area contributed by atoms with E-state index in [9.17, 15) is 4.79 Å². The molecule has 13 heavy (non-hydrogen) atoms. The molecule has 0 radical (unpaired) electrons. The van der Waals surface area contributed by atoms with Crippen molar-refractivity contribution in [2.75, 3.05) is 19.0 Å². The number of amides is 1. The molecule has 7 heteroatoms. The Hall–Kier alpha value is -1.43. The van der Waals surface area contributed by atoms with Gasteiger partial charge in [-0.15, -0.1) is 0 Å². The molecule has 1 amide bonds. The maximum atomic E-state index is 10.7. The summed E-state index contributed by atoms with van der Waals surface area (Å²) >= 11 is 5.54. The Morgan fingerprint density at radius 2 is 2.00 bits per heavy atom. The van der Waals surface area contributed by atoms with Crippen molar-refractivity contribution in [1.82, 2.24) is 15.0 Å². The molecule has 0 saturated carbocycles. The topological polar surface area (TPSA) is 85.0 Å². The Bertz CT molecular complexity index is 340. The van der Waals surface area contributed by atoms with E-state index in [4.69, 9.17) is 17.3 Å². The predicted octanol–water partition coefficient (Wildman–Crippen LogP) is -0.310. The molecule has 1 aromatic heterocycles. The monoisotopic (exact) mass is 201 g/mol. The van der Waals surface area contributed by atoms with E-state index < -0.39 is 5.91 Å². The predicted molar refractivity (Wildman–Crippen MR) is 47.7 cm³/mol. The highest BCUT2D eigenvalue weighted by Crippen LogP contribution is 2.07. The maximum Gasteiger partial charge on any atom is 0.286 e. The van der Waals surface area contributed by atoms with Gasteiger partial charge in [-0.25, -0.2) is 0 Å². The average molecular weight is 202 g/mol. The summed E-state index contributed by atoms with van der Waals surface area (Å²) in [5.41, 5.74) is 4.98. The summed E-state index contributed by atoms with van der Waals surface area (Å²) in [5, 5.41) is -0.0486. The highest BCUT2D eigenvalue weighted by atomic mass is 35.5. The van der Waals surface area contributed by atoms with E-state index >= 15 is 0 Å². The number of nitrogens with two attached hydrogens (primary N) is 1. The first-order chi connectivity index (χ1) is 6.00. The second kappa shape index (κ2) is 3.53. The number of halogens is 1. The van der Waals surface area contributed by atoms with Crippen LogP contribution in [0.25, 0.3) is 0 Å². The number of carbonyl (C=O) groups is 1. The third-order valence-corrected chi connectivity index (χ3v) is 1.39. The smallest absolute Gasteiger partial charge is 0.286 e. The molecule has 0 saturated heterocycles. The van der Waals surface area contributed by atoms with E-state index in [1.165, 1.54) is 0 Å². The molecule has 1 rings (SSSR count). The van der Waals surface area contributed by atoms with Crippen molar-refractivity contribution in [3.63, 3.8) is 0 Å². The summed E-state index contributed by atoms with van der Waals surface area (Å²) < 4.78 is 0. The third kappa shape index (κ3) is 2.25. The lowest BCUT2D eigenvalue weighted by Crippen LogP contribution is -2.20. The zero-order valence-electron chi connectivity index (χ0n) is 7.15. The van der Waals surface area contributed by atoms with E-state index in [-0.39, 0.29) is 11.1 Å². The molecule has 1 heterocycles. The van der Waals surface area contributed by atoms with Gasteiger partial charge in [0.05, 0.1) is 0 Å². The van der Waals surface area contributed by atoms with Crippen LogP contribution < -0.4 is 10.6 Å². The summed E-state index contributed by atoms with van der Waals surface area (Å²) in [6.45, 7) is 0. The number of carbonyl (C=O) groups excluding carboxylic acids is 1. The Morgan fingerprint density at radius 1 is 1.38 bits per heavy atom. The standard InChI is InChI=1S/C6H8ClN5O/c1-12(2)6-10-4(3(8)13)9-5(7)11-6/h1-2H3,(H2,8,13). The average Bonchev–Trinajstić information content (AvgIpc) is 2.03. The summed E-state index contributed by atoms with van der Waals surface area (Å²) in [6.07, 6.45) is 0. The lowest BCUT2D eigenvalue weighted by atomic mass is 10.6. The molecule has 1 aromatic rings. The number of hydrogen-bond donors (Lipinski definition) is 1. The SMILES string of the molecule is CN(C)c1nc(Cl)nc(C(N)=O)n1. The van der Waals surface area contributed by atoms with Crippen molar-refractivity contribution in [2.45, 2.75) is 0 Å². The van der Waals surface area contributed by atoms with Crippen molar-refractivity contribution >= 4 is 23.5 Å². The second-order valence-corrected chi connectivity index (χ2v) is 2.82. The molecule has 6 nitrogen and oxygen atoms in total. The summed E-state index contributed by atoms with van der Waals surface area (Å²) in [5.74, 6) is -0.565. The molecular formula is C6H8ClN5O. The van der Waals surface area contributed by atoms with Crippen LogP contribution in [0.3, 0.4) is 0 Å². The Labute approximate surface area is 79.7 Å². The van der Waals surface area contributed by atoms with Crippen molar-refractivity contribution in [2.24, 2.45) is 5.73 Å². The van der Waals surface area contributed by atoms with Gasteiger partial charge in [0.1, 0.15) is 0 Å². The van der Waals surface area contributed by atoms with Crippen LogP contribution in [-0.2, 0) is 0 Å². The van der Waals surface area contributed by atoms with E-state index in [1.807, 2.05) is 0 Å². The molecule has 0 aromatic carbocycles. The molecule has 70 valence electrons. The highest BCUT2D eigenvalue weighted by Gasteiger charge is 2.10. The first-order valence-corrected chi connectivity index (χ1v) is 3.77. The minimum absolute atomic E-state index is 0.0486. The molecule has 0 aliphatic carbocycles. The van der Waals surface area contributed by atoms with Gasteiger partial charge in [0.15, 0.2) is 0 Å². The summed E-state index contributed by atoms with van der Waals surface area (Å²) in [6, 6.07) is 0. The number of primary amides is 1. The van der Waals surface area contributed by atoms with Gasteiger partial charge in [-0.05, 0) is 11.6 Å². The summed E-state index contributed by atoms with van der Waals surface area (Å²) in [7, 11) is 3.44. The number of rotatable bonds is 2. The fourth-order valence-electron chi connectivity index (χ4n) is 0.650. The maximum absolute atomic E-state index is 10.7. The molecule has 0 unspecified atom stereocenters. The fraction of sp³-hybridized carbons (Fsp3) is 0.333. The zero-order valence-corrected chi connectivity index (χ0v) is 7.91.